The molecule has 0 aliphatic carbocycles. The highest BCUT2D eigenvalue weighted by Crippen LogP contribution is 2.34. The Balaban J connectivity index is 1.93. The number of carboxylic acid groups (broad SMARTS) is 1. The maximum atomic E-state index is 12.9. The molecule has 4 aromatic rings. The Hall–Kier alpha value is -3.74. The number of oxazole rings is 1. The summed E-state index contributed by atoms with van der Waals surface area (Å²) in [7, 11) is 0. The first-order valence-electron chi connectivity index (χ1n) is 8.74. The molecule has 0 atom stereocenters. The number of nitrogens with zero attached hydrogens (tertiary/aromatic N) is 1. The van der Waals surface area contributed by atoms with Gasteiger partial charge in [0, 0.05) is 23.5 Å². The van der Waals surface area contributed by atoms with Gasteiger partial charge in [-0.3, -0.25) is 0 Å². The van der Waals surface area contributed by atoms with Gasteiger partial charge in [-0.05, 0) is 35.0 Å². The Morgan fingerprint density at radius 2 is 1.86 bits per heavy atom. The van der Waals surface area contributed by atoms with Crippen molar-refractivity contribution in [3.63, 3.8) is 0 Å². The van der Waals surface area contributed by atoms with Crippen LogP contribution >= 0.6 is 0 Å². The topological polar surface area (TPSA) is 75.4 Å². The van der Waals surface area contributed by atoms with Crippen LogP contribution in [0.25, 0.3) is 33.5 Å². The maximum Gasteiger partial charge on any atom is 0.387 e. The van der Waals surface area contributed by atoms with Crippen LogP contribution in [0.3, 0.4) is 0 Å². The molecule has 0 spiro atoms. The van der Waals surface area contributed by atoms with Crippen molar-refractivity contribution in [1.82, 2.24) is 4.98 Å². The molecule has 7 heteroatoms. The number of carboxylic acids is 1. The molecule has 0 saturated heterocycles. The first-order chi connectivity index (χ1) is 14.0. The van der Waals surface area contributed by atoms with Gasteiger partial charge in [0.15, 0.2) is 5.58 Å². The third-order valence-corrected chi connectivity index (χ3v) is 4.37. The van der Waals surface area contributed by atoms with E-state index >= 15 is 0 Å². The van der Waals surface area contributed by atoms with Crippen molar-refractivity contribution in [2.45, 2.75) is 13.0 Å². The Morgan fingerprint density at radius 1 is 1.10 bits per heavy atom. The van der Waals surface area contributed by atoms with Crippen LogP contribution in [0.4, 0.5) is 8.78 Å². The monoisotopic (exact) mass is 394 g/mol. The van der Waals surface area contributed by atoms with E-state index in [1.807, 2.05) is 12.1 Å². The van der Waals surface area contributed by atoms with E-state index in [4.69, 9.17) is 4.42 Å². The zero-order valence-corrected chi connectivity index (χ0v) is 15.0. The standard InChI is InChI=1S/C22H15F2NO4/c23-22(24)29-18-10-9-13-5-1-2-6-15(13)16(18)11-14(12-20(26)27)21-25-17-7-3-4-8-19(17)28-21/h1-11,22H,12H2,(H,26,27)/p-1/b14-11+. The van der Waals surface area contributed by atoms with E-state index in [9.17, 15) is 18.7 Å². The van der Waals surface area contributed by atoms with E-state index in [2.05, 4.69) is 9.72 Å². The zero-order chi connectivity index (χ0) is 20.4. The predicted octanol–water partition coefficient (Wildman–Crippen LogP) is 4.26. The van der Waals surface area contributed by atoms with Crippen molar-refractivity contribution < 1.29 is 27.8 Å². The second kappa shape index (κ2) is 7.71. The summed E-state index contributed by atoms with van der Waals surface area (Å²) < 4.78 is 36.2. The molecule has 0 unspecified atom stereocenters. The fourth-order valence-corrected chi connectivity index (χ4v) is 3.15. The van der Waals surface area contributed by atoms with Gasteiger partial charge in [-0.15, -0.1) is 0 Å². The average molecular weight is 394 g/mol. The summed E-state index contributed by atoms with van der Waals surface area (Å²) in [5, 5.41) is 12.7. The molecular formula is C22H14F2NO4-. The Kier molecular flexibility index (Phi) is 4.95. The van der Waals surface area contributed by atoms with Crippen LogP contribution in [0.5, 0.6) is 5.75 Å². The average Bonchev–Trinajstić information content (AvgIpc) is 3.12. The molecule has 3 aromatic carbocycles. The number of hydrogen-bond donors (Lipinski definition) is 0. The number of aromatic nitrogens is 1. The van der Waals surface area contributed by atoms with E-state index in [-0.39, 0.29) is 17.2 Å². The summed E-state index contributed by atoms with van der Waals surface area (Å²) in [5.41, 5.74) is 1.51. The van der Waals surface area contributed by atoms with Crippen molar-refractivity contribution in [2.24, 2.45) is 0 Å². The number of halogens is 2. The molecule has 29 heavy (non-hydrogen) atoms. The zero-order valence-electron chi connectivity index (χ0n) is 15.0. The molecule has 5 nitrogen and oxygen atoms in total. The van der Waals surface area contributed by atoms with E-state index in [0.29, 0.717) is 22.0 Å². The maximum absolute atomic E-state index is 12.9. The van der Waals surface area contributed by atoms with Crippen LogP contribution in [0.2, 0.25) is 0 Å². The molecule has 0 aliphatic heterocycles. The van der Waals surface area contributed by atoms with Crippen molar-refractivity contribution >= 4 is 39.5 Å². The highest BCUT2D eigenvalue weighted by Gasteiger charge is 2.16. The molecule has 146 valence electrons. The Labute approximate surface area is 163 Å². The second-order valence-corrected chi connectivity index (χ2v) is 6.28. The summed E-state index contributed by atoms with van der Waals surface area (Å²) in [4.78, 5) is 15.7. The second-order valence-electron chi connectivity index (χ2n) is 6.28. The molecule has 4 rings (SSSR count). The van der Waals surface area contributed by atoms with Crippen molar-refractivity contribution in [3.8, 4) is 5.75 Å². The number of carbonyl (C=O) groups is 1. The smallest absolute Gasteiger partial charge is 0.387 e. The lowest BCUT2D eigenvalue weighted by Crippen LogP contribution is -2.22. The molecule has 0 N–H and O–H groups in total. The fraction of sp³-hybridized carbons (Fsp3) is 0.0909. The number of para-hydroxylation sites is 2. The minimum Gasteiger partial charge on any atom is -0.550 e. The largest absolute Gasteiger partial charge is 0.550 e. The molecule has 0 aliphatic rings. The Morgan fingerprint density at radius 3 is 2.62 bits per heavy atom. The summed E-state index contributed by atoms with van der Waals surface area (Å²) in [6.07, 6.45) is 0.935. The summed E-state index contributed by atoms with van der Waals surface area (Å²) in [6, 6.07) is 17.2. The lowest BCUT2D eigenvalue weighted by Gasteiger charge is -2.13. The van der Waals surface area contributed by atoms with Gasteiger partial charge < -0.3 is 19.1 Å². The van der Waals surface area contributed by atoms with Crippen molar-refractivity contribution in [1.29, 1.82) is 0 Å². The number of aliphatic carboxylic acids is 1. The number of ether oxygens (including phenoxy) is 1. The van der Waals surface area contributed by atoms with Gasteiger partial charge in [-0.1, -0.05) is 42.5 Å². The normalized spacial score (nSPS) is 12.0. The fourth-order valence-electron chi connectivity index (χ4n) is 3.15. The van der Waals surface area contributed by atoms with Crippen LogP contribution in [-0.4, -0.2) is 17.6 Å². The van der Waals surface area contributed by atoms with Gasteiger partial charge in [0.2, 0.25) is 5.89 Å². The van der Waals surface area contributed by atoms with Gasteiger partial charge in [0.05, 0.1) is 0 Å². The van der Waals surface area contributed by atoms with Gasteiger partial charge in [-0.25, -0.2) is 4.98 Å². The minimum atomic E-state index is -3.03. The quantitative estimate of drug-likeness (QED) is 0.488. The first-order valence-corrected chi connectivity index (χ1v) is 8.74. The third-order valence-electron chi connectivity index (χ3n) is 4.37. The van der Waals surface area contributed by atoms with E-state index in [1.165, 1.54) is 12.1 Å². The molecule has 0 radical (unpaired) electrons. The summed E-state index contributed by atoms with van der Waals surface area (Å²) in [5.74, 6) is -1.35. The van der Waals surface area contributed by atoms with E-state index in [1.54, 1.807) is 42.5 Å². The van der Waals surface area contributed by atoms with Crippen LogP contribution in [0.15, 0.2) is 65.1 Å². The molecule has 1 heterocycles. The molecule has 0 amide bonds. The lowest BCUT2D eigenvalue weighted by molar-refractivity contribution is -0.304. The van der Waals surface area contributed by atoms with Crippen molar-refractivity contribution in [2.75, 3.05) is 0 Å². The highest BCUT2D eigenvalue weighted by molar-refractivity contribution is 5.99. The number of hydrogen-bond acceptors (Lipinski definition) is 5. The van der Waals surface area contributed by atoms with Crippen LogP contribution in [0, 0.1) is 0 Å². The van der Waals surface area contributed by atoms with Crippen molar-refractivity contribution in [3.05, 3.63) is 72.1 Å². The summed E-state index contributed by atoms with van der Waals surface area (Å²) >= 11 is 0. The SMILES string of the molecule is O=C([O-])C/C(=C\c1c(OC(F)F)ccc2ccccc12)c1nc2ccccc2o1. The van der Waals surface area contributed by atoms with E-state index in [0.717, 1.165) is 5.39 Å². The predicted molar refractivity (Wildman–Crippen MR) is 102 cm³/mol. The molecule has 0 saturated carbocycles. The molecule has 1 aromatic heterocycles. The van der Waals surface area contributed by atoms with Crippen LogP contribution < -0.4 is 9.84 Å². The van der Waals surface area contributed by atoms with Crippen LogP contribution in [-0.2, 0) is 4.79 Å². The van der Waals surface area contributed by atoms with Gasteiger partial charge in [0.1, 0.15) is 11.3 Å². The van der Waals surface area contributed by atoms with Gasteiger partial charge >= 0.3 is 6.61 Å². The number of carbonyl (C=O) groups excluding carboxylic acids is 1. The number of benzene rings is 3. The molecule has 0 bridgehead atoms. The highest BCUT2D eigenvalue weighted by atomic mass is 19.3. The van der Waals surface area contributed by atoms with Crippen LogP contribution in [0.1, 0.15) is 17.9 Å². The molecule has 0 fully saturated rings. The van der Waals surface area contributed by atoms with Gasteiger partial charge in [-0.2, -0.15) is 8.78 Å². The van der Waals surface area contributed by atoms with Gasteiger partial charge in [0.25, 0.3) is 0 Å². The Bertz CT molecular complexity index is 1200. The lowest BCUT2D eigenvalue weighted by atomic mass is 10.00. The number of rotatable bonds is 6. The third kappa shape index (κ3) is 3.94. The summed E-state index contributed by atoms with van der Waals surface area (Å²) in [6.45, 7) is -3.03. The number of fused-ring (bicyclic) bond motifs is 2. The first kappa shape index (κ1) is 18.6. The van der Waals surface area contributed by atoms with E-state index < -0.39 is 19.0 Å². The number of alkyl halides is 2. The molecular weight excluding hydrogens is 380 g/mol. The minimum absolute atomic E-state index is 0.0753.